The molecule has 0 spiro atoms. The summed E-state index contributed by atoms with van der Waals surface area (Å²) in [6, 6.07) is 9.97. The highest BCUT2D eigenvalue weighted by Gasteiger charge is 2.24. The van der Waals surface area contributed by atoms with Crippen LogP contribution in [0.1, 0.15) is 48.2 Å². The van der Waals surface area contributed by atoms with Crippen LogP contribution in [-0.2, 0) is 33.8 Å². The van der Waals surface area contributed by atoms with Crippen LogP contribution in [0.2, 0.25) is 0 Å². The van der Waals surface area contributed by atoms with Crippen LogP contribution in [0.3, 0.4) is 0 Å². The van der Waals surface area contributed by atoms with Crippen LogP contribution in [0.5, 0.6) is 0 Å². The summed E-state index contributed by atoms with van der Waals surface area (Å²) in [6.07, 6.45) is 4.20. The molecule has 262 valence electrons. The Labute approximate surface area is 283 Å². The highest BCUT2D eigenvalue weighted by molar-refractivity contribution is 7.86. The average Bonchev–Trinajstić information content (AvgIpc) is 3.04. The monoisotopic (exact) mass is 696 g/mol. The molecule has 0 unspecified atom stereocenters. The lowest BCUT2D eigenvalue weighted by Gasteiger charge is -2.36. The number of halogens is 1. The zero-order valence-corrected chi connectivity index (χ0v) is 28.9. The van der Waals surface area contributed by atoms with E-state index in [9.17, 15) is 27.6 Å². The molecule has 2 aromatic carbocycles. The zero-order valence-electron chi connectivity index (χ0n) is 28.0. The number of carbonyl (C=O) groups excluding carboxylic acids is 1. The summed E-state index contributed by atoms with van der Waals surface area (Å²) in [6.45, 7) is 9.65. The minimum atomic E-state index is -4.14. The Balaban J connectivity index is 1.17. The molecule has 0 radical (unpaired) electrons. The maximum atomic E-state index is 15.4. The fourth-order valence-electron chi connectivity index (χ4n) is 6.13. The van der Waals surface area contributed by atoms with Gasteiger partial charge in [-0.2, -0.15) is 8.42 Å². The number of pyridine rings is 1. The molecule has 2 N–H and O–H groups in total. The van der Waals surface area contributed by atoms with Crippen molar-refractivity contribution in [3.63, 3.8) is 0 Å². The molecule has 1 aliphatic heterocycles. The Bertz CT molecular complexity index is 2140. The molecule has 3 heterocycles. The Morgan fingerprint density at radius 3 is 2.37 bits per heavy atom. The Morgan fingerprint density at radius 2 is 1.71 bits per heavy atom. The number of H-pyrrole nitrogens is 1. The molecule has 2 aromatic heterocycles. The summed E-state index contributed by atoms with van der Waals surface area (Å²) >= 11 is 0. The standard InChI is InChI=1S/C34H41FN6O7S/c1-5-23-17-24(10-9-22(23)3)36-30-20-31(42)41(34(45)37-30)12-8-7-11-38-13-15-40(16-14-38)29-19-28-25(18-27(29)35)32(43)26(21-39(28)6-2)33(44)48-49(4,46)47/h9-10,17-21,36H,5-8,11-16H2,1-4H3,(H,37,45). The molecule has 0 aliphatic carbocycles. The van der Waals surface area contributed by atoms with E-state index in [-0.39, 0.29) is 17.5 Å². The Hall–Kier alpha value is -4.76. The number of hydrogen-bond acceptors (Lipinski definition) is 10. The summed E-state index contributed by atoms with van der Waals surface area (Å²) in [5.41, 5.74) is 1.75. The maximum Gasteiger partial charge on any atom is 0.359 e. The van der Waals surface area contributed by atoms with E-state index in [4.69, 9.17) is 0 Å². The van der Waals surface area contributed by atoms with Crippen molar-refractivity contribution >= 4 is 44.2 Å². The van der Waals surface area contributed by atoms with E-state index in [1.54, 1.807) is 17.6 Å². The lowest BCUT2D eigenvalue weighted by molar-refractivity contribution is 0.0746. The normalized spacial score (nSPS) is 13.9. The number of aryl methyl sites for hydroxylation is 3. The predicted octanol–water partition coefficient (Wildman–Crippen LogP) is 3.34. The van der Waals surface area contributed by atoms with Crippen molar-refractivity contribution in [3.8, 4) is 0 Å². The molecular weight excluding hydrogens is 655 g/mol. The number of aromatic amines is 1. The molecule has 0 bridgehead atoms. The van der Waals surface area contributed by atoms with Gasteiger partial charge in [-0.25, -0.2) is 14.0 Å². The van der Waals surface area contributed by atoms with Crippen molar-refractivity contribution in [3.05, 3.63) is 96.2 Å². The molecule has 1 aliphatic rings. The maximum absolute atomic E-state index is 15.4. The second-order valence-electron chi connectivity index (χ2n) is 12.2. The van der Waals surface area contributed by atoms with Crippen LogP contribution < -0.4 is 26.9 Å². The first-order valence-electron chi connectivity index (χ1n) is 16.3. The fourth-order valence-corrected chi connectivity index (χ4v) is 6.50. The summed E-state index contributed by atoms with van der Waals surface area (Å²) in [7, 11) is -4.14. The SMILES string of the molecule is CCc1cc(Nc2cc(=O)n(CCCCN3CCN(c4cc5c(cc4F)c(=O)c(C(=O)OS(C)(=O)=O)cn5CC)CC3)c(=O)[nH]2)ccc1C. The quantitative estimate of drug-likeness (QED) is 0.166. The number of rotatable bonds is 12. The van der Waals surface area contributed by atoms with Crippen molar-refractivity contribution in [2.75, 3.05) is 49.2 Å². The van der Waals surface area contributed by atoms with E-state index >= 15 is 4.39 Å². The molecule has 13 nitrogen and oxygen atoms in total. The first-order chi connectivity index (χ1) is 23.3. The third-order valence-corrected chi connectivity index (χ3v) is 9.24. The highest BCUT2D eigenvalue weighted by Crippen LogP contribution is 2.27. The number of carbonyl (C=O) groups is 1. The Kier molecular flexibility index (Phi) is 10.7. The van der Waals surface area contributed by atoms with Crippen LogP contribution in [0, 0.1) is 12.7 Å². The van der Waals surface area contributed by atoms with Gasteiger partial charge in [0.2, 0.25) is 5.43 Å². The van der Waals surface area contributed by atoms with E-state index in [0.717, 1.165) is 31.1 Å². The number of fused-ring (bicyclic) bond motifs is 1. The summed E-state index contributed by atoms with van der Waals surface area (Å²) in [5.74, 6) is -1.60. The number of anilines is 3. The van der Waals surface area contributed by atoms with Gasteiger partial charge in [-0.15, -0.1) is 0 Å². The Morgan fingerprint density at radius 1 is 1.00 bits per heavy atom. The molecule has 0 saturated carbocycles. The molecule has 5 rings (SSSR count). The van der Waals surface area contributed by atoms with Crippen molar-refractivity contribution in [2.24, 2.45) is 0 Å². The zero-order chi connectivity index (χ0) is 35.5. The molecular formula is C34H41FN6O7S. The van der Waals surface area contributed by atoms with Crippen LogP contribution in [0.25, 0.3) is 10.9 Å². The van der Waals surface area contributed by atoms with E-state index in [1.165, 1.54) is 28.0 Å². The summed E-state index contributed by atoms with van der Waals surface area (Å²) < 4.78 is 45.4. The van der Waals surface area contributed by atoms with E-state index < -0.39 is 38.6 Å². The third-order valence-electron chi connectivity index (χ3n) is 8.79. The minimum Gasteiger partial charge on any atom is -0.367 e. The first kappa shape index (κ1) is 35.5. The molecule has 0 atom stereocenters. The average molecular weight is 697 g/mol. The van der Waals surface area contributed by atoms with Gasteiger partial charge in [0.25, 0.3) is 5.56 Å². The van der Waals surface area contributed by atoms with Crippen LogP contribution in [0.4, 0.5) is 21.6 Å². The first-order valence-corrected chi connectivity index (χ1v) is 18.1. The fraction of sp³-hybridized carbons (Fsp3) is 0.412. The topological polar surface area (TPSA) is 156 Å². The summed E-state index contributed by atoms with van der Waals surface area (Å²) in [5, 5.41) is 3.07. The third kappa shape index (κ3) is 8.28. The van der Waals surface area contributed by atoms with Gasteiger partial charge in [0.1, 0.15) is 17.2 Å². The van der Waals surface area contributed by atoms with Crippen molar-refractivity contribution in [2.45, 2.75) is 53.1 Å². The minimum absolute atomic E-state index is 0.0506. The van der Waals surface area contributed by atoms with Gasteiger partial charge in [0.05, 0.1) is 17.5 Å². The molecule has 49 heavy (non-hydrogen) atoms. The van der Waals surface area contributed by atoms with Crippen LogP contribution >= 0.6 is 0 Å². The van der Waals surface area contributed by atoms with Gasteiger partial charge in [-0.05, 0) is 75.0 Å². The van der Waals surface area contributed by atoms with Gasteiger partial charge in [-0.3, -0.25) is 24.0 Å². The number of benzene rings is 2. The second-order valence-corrected chi connectivity index (χ2v) is 13.8. The van der Waals surface area contributed by atoms with Gasteiger partial charge in [0.15, 0.2) is 0 Å². The van der Waals surface area contributed by atoms with E-state index in [2.05, 4.69) is 26.3 Å². The van der Waals surface area contributed by atoms with Crippen LogP contribution in [0.15, 0.2) is 57.0 Å². The molecule has 0 amide bonds. The number of piperazine rings is 1. The van der Waals surface area contributed by atoms with E-state index in [0.29, 0.717) is 62.4 Å². The number of aromatic nitrogens is 3. The van der Waals surface area contributed by atoms with Gasteiger partial charge >= 0.3 is 21.8 Å². The lowest BCUT2D eigenvalue weighted by atomic mass is 10.1. The number of nitrogens with one attached hydrogen (secondary N) is 2. The number of unbranched alkanes of at least 4 members (excludes halogenated alkanes) is 1. The molecule has 4 aromatic rings. The summed E-state index contributed by atoms with van der Waals surface area (Å²) in [4.78, 5) is 57.8. The van der Waals surface area contributed by atoms with Crippen molar-refractivity contribution in [1.29, 1.82) is 0 Å². The molecule has 1 fully saturated rings. The largest absolute Gasteiger partial charge is 0.367 e. The molecule has 1 saturated heterocycles. The van der Waals surface area contributed by atoms with Crippen molar-refractivity contribution in [1.82, 2.24) is 19.0 Å². The van der Waals surface area contributed by atoms with Crippen molar-refractivity contribution < 1.29 is 21.8 Å². The van der Waals surface area contributed by atoms with Crippen LogP contribution in [-0.4, -0.2) is 72.4 Å². The smallest absolute Gasteiger partial charge is 0.359 e. The predicted molar refractivity (Wildman–Crippen MR) is 187 cm³/mol. The second kappa shape index (κ2) is 14.8. The van der Waals surface area contributed by atoms with Gasteiger partial charge < -0.3 is 19.0 Å². The lowest BCUT2D eigenvalue weighted by Crippen LogP contribution is -2.47. The van der Waals surface area contributed by atoms with Gasteiger partial charge in [-0.1, -0.05) is 13.0 Å². The molecule has 15 heteroatoms. The van der Waals surface area contributed by atoms with E-state index in [1.807, 2.05) is 30.0 Å². The highest BCUT2D eigenvalue weighted by atomic mass is 32.2. The number of nitrogens with zero attached hydrogens (tertiary/aromatic N) is 4. The van der Waals surface area contributed by atoms with Gasteiger partial charge in [0, 0.05) is 62.6 Å². The number of hydrogen-bond donors (Lipinski definition) is 2.